The van der Waals surface area contributed by atoms with Crippen LogP contribution in [0.2, 0.25) is 0 Å². The zero-order valence-electron chi connectivity index (χ0n) is 15.7. The molecule has 0 atom stereocenters. The van der Waals surface area contributed by atoms with E-state index in [2.05, 4.69) is 0 Å². The summed E-state index contributed by atoms with van der Waals surface area (Å²) < 4.78 is 67.7. The normalized spacial score (nSPS) is 14.1. The molecule has 1 aliphatic rings. The first kappa shape index (κ1) is 20.2. The predicted molar refractivity (Wildman–Crippen MR) is 98.8 cm³/mol. The van der Waals surface area contributed by atoms with Gasteiger partial charge in [0.25, 0.3) is 0 Å². The van der Waals surface area contributed by atoms with Gasteiger partial charge in [-0.2, -0.15) is 4.39 Å². The van der Waals surface area contributed by atoms with Crippen LogP contribution in [0.1, 0.15) is 44.6 Å². The molecule has 0 bridgehead atoms. The first-order valence-corrected chi connectivity index (χ1v) is 9.40. The molecule has 2 aromatic rings. The van der Waals surface area contributed by atoms with E-state index in [0.717, 1.165) is 31.3 Å². The lowest BCUT2D eigenvalue weighted by Crippen LogP contribution is -2.02. The SMILES string of the molecule is CCOc1ccc(-c2ccc(COC=C3CCCCC3)c(F)c2F)c(F)c1F. The minimum Gasteiger partial charge on any atom is -0.496 e. The van der Waals surface area contributed by atoms with Crippen molar-refractivity contribution in [2.24, 2.45) is 0 Å². The molecule has 0 saturated heterocycles. The summed E-state index contributed by atoms with van der Waals surface area (Å²) in [6.45, 7) is 1.65. The molecule has 0 radical (unpaired) electrons. The number of allylic oxidation sites excluding steroid dienone is 1. The summed E-state index contributed by atoms with van der Waals surface area (Å²) in [5, 5.41) is 0. The molecule has 0 unspecified atom stereocenters. The Bertz CT molecular complexity index is 869. The molecule has 150 valence electrons. The van der Waals surface area contributed by atoms with Gasteiger partial charge in [-0.1, -0.05) is 18.6 Å². The Morgan fingerprint density at radius 1 is 0.821 bits per heavy atom. The topological polar surface area (TPSA) is 18.5 Å². The number of rotatable bonds is 6. The van der Waals surface area contributed by atoms with Crippen molar-refractivity contribution in [2.45, 2.75) is 45.6 Å². The van der Waals surface area contributed by atoms with E-state index in [4.69, 9.17) is 9.47 Å². The third kappa shape index (κ3) is 4.32. The Morgan fingerprint density at radius 3 is 2.14 bits per heavy atom. The van der Waals surface area contributed by atoms with Crippen molar-refractivity contribution in [3.63, 3.8) is 0 Å². The van der Waals surface area contributed by atoms with Gasteiger partial charge in [0.1, 0.15) is 6.61 Å². The van der Waals surface area contributed by atoms with Crippen LogP contribution in [-0.2, 0) is 11.3 Å². The smallest absolute Gasteiger partial charge is 0.201 e. The van der Waals surface area contributed by atoms with Gasteiger partial charge in [0.2, 0.25) is 5.82 Å². The van der Waals surface area contributed by atoms with Gasteiger partial charge in [-0.25, -0.2) is 13.2 Å². The monoisotopic (exact) mass is 394 g/mol. The fourth-order valence-electron chi connectivity index (χ4n) is 3.29. The maximum atomic E-state index is 14.5. The maximum Gasteiger partial charge on any atom is 0.201 e. The van der Waals surface area contributed by atoms with Crippen LogP contribution in [0.5, 0.6) is 5.75 Å². The molecule has 0 heterocycles. The summed E-state index contributed by atoms with van der Waals surface area (Å²) in [7, 11) is 0. The van der Waals surface area contributed by atoms with Crippen molar-refractivity contribution in [1.29, 1.82) is 0 Å². The van der Waals surface area contributed by atoms with Crippen LogP contribution < -0.4 is 4.74 Å². The van der Waals surface area contributed by atoms with Gasteiger partial charge in [0.15, 0.2) is 23.2 Å². The Morgan fingerprint density at radius 2 is 1.46 bits per heavy atom. The maximum absolute atomic E-state index is 14.5. The van der Waals surface area contributed by atoms with Gasteiger partial charge in [0.05, 0.1) is 12.9 Å². The predicted octanol–water partition coefficient (Wildman–Crippen LogP) is 6.67. The van der Waals surface area contributed by atoms with Crippen LogP contribution in [0.25, 0.3) is 11.1 Å². The highest BCUT2D eigenvalue weighted by atomic mass is 19.2. The molecule has 6 heteroatoms. The van der Waals surface area contributed by atoms with Crippen molar-refractivity contribution in [2.75, 3.05) is 6.61 Å². The minimum absolute atomic E-state index is 0.0146. The van der Waals surface area contributed by atoms with Crippen LogP contribution in [0.15, 0.2) is 36.1 Å². The summed E-state index contributed by atoms with van der Waals surface area (Å²) in [4.78, 5) is 0. The summed E-state index contributed by atoms with van der Waals surface area (Å²) >= 11 is 0. The van der Waals surface area contributed by atoms with Gasteiger partial charge in [0, 0.05) is 16.7 Å². The number of hydrogen-bond donors (Lipinski definition) is 0. The molecule has 1 saturated carbocycles. The summed E-state index contributed by atoms with van der Waals surface area (Å²) in [5.74, 6) is -5.16. The van der Waals surface area contributed by atoms with Crippen LogP contribution in [-0.4, -0.2) is 6.61 Å². The van der Waals surface area contributed by atoms with E-state index < -0.39 is 23.3 Å². The van der Waals surface area contributed by atoms with Gasteiger partial charge >= 0.3 is 0 Å². The molecule has 0 amide bonds. The van der Waals surface area contributed by atoms with Gasteiger partial charge in [-0.15, -0.1) is 0 Å². The van der Waals surface area contributed by atoms with Gasteiger partial charge in [-0.05, 0) is 50.3 Å². The summed E-state index contributed by atoms with van der Waals surface area (Å²) in [6.07, 6.45) is 6.94. The second-order valence-corrected chi connectivity index (χ2v) is 6.72. The standard InChI is InChI=1S/C22H22F4O2/c1-2-28-18-11-10-17(21(25)22(18)26)16-9-8-15(19(23)20(16)24)13-27-12-14-6-4-3-5-7-14/h8-12H,2-7,13H2,1H3. The van der Waals surface area contributed by atoms with E-state index in [0.29, 0.717) is 0 Å². The van der Waals surface area contributed by atoms with Gasteiger partial charge in [-0.3, -0.25) is 0 Å². The lowest BCUT2D eigenvalue weighted by Gasteiger charge is -2.14. The highest BCUT2D eigenvalue weighted by Crippen LogP contribution is 2.33. The molecular formula is C22H22F4O2. The average molecular weight is 394 g/mol. The second-order valence-electron chi connectivity index (χ2n) is 6.72. The molecular weight excluding hydrogens is 372 g/mol. The molecule has 1 fully saturated rings. The van der Waals surface area contributed by atoms with E-state index in [9.17, 15) is 17.6 Å². The third-order valence-electron chi connectivity index (χ3n) is 4.78. The molecule has 0 N–H and O–H groups in total. The lowest BCUT2D eigenvalue weighted by molar-refractivity contribution is 0.225. The Kier molecular flexibility index (Phi) is 6.60. The third-order valence-corrected chi connectivity index (χ3v) is 4.78. The number of ether oxygens (including phenoxy) is 2. The molecule has 2 nitrogen and oxygen atoms in total. The molecule has 0 aliphatic heterocycles. The number of benzene rings is 2. The molecule has 2 aromatic carbocycles. The zero-order valence-corrected chi connectivity index (χ0v) is 15.7. The first-order valence-electron chi connectivity index (χ1n) is 9.40. The average Bonchev–Trinajstić information content (AvgIpc) is 2.71. The minimum atomic E-state index is -1.28. The number of halogens is 4. The Labute approximate surface area is 161 Å². The van der Waals surface area contributed by atoms with Crippen LogP contribution in [0.4, 0.5) is 17.6 Å². The fraction of sp³-hybridized carbons (Fsp3) is 0.364. The van der Waals surface area contributed by atoms with Crippen molar-refractivity contribution >= 4 is 0 Å². The van der Waals surface area contributed by atoms with Crippen molar-refractivity contribution in [3.8, 4) is 16.9 Å². The van der Waals surface area contributed by atoms with E-state index in [1.54, 1.807) is 13.2 Å². The Balaban J connectivity index is 1.81. The summed E-state index contributed by atoms with van der Waals surface area (Å²) in [5.41, 5.74) is 0.455. The molecule has 1 aliphatic carbocycles. The fourth-order valence-corrected chi connectivity index (χ4v) is 3.29. The van der Waals surface area contributed by atoms with Crippen LogP contribution in [0.3, 0.4) is 0 Å². The zero-order chi connectivity index (χ0) is 20.1. The highest BCUT2D eigenvalue weighted by molar-refractivity contribution is 5.66. The molecule has 3 rings (SSSR count). The largest absolute Gasteiger partial charge is 0.496 e. The summed E-state index contributed by atoms with van der Waals surface area (Å²) in [6, 6.07) is 4.91. The van der Waals surface area contributed by atoms with E-state index in [-0.39, 0.29) is 35.7 Å². The molecule has 28 heavy (non-hydrogen) atoms. The van der Waals surface area contributed by atoms with Crippen molar-refractivity contribution in [3.05, 3.63) is 64.9 Å². The van der Waals surface area contributed by atoms with Crippen LogP contribution >= 0.6 is 0 Å². The quantitative estimate of drug-likeness (QED) is 0.402. The highest BCUT2D eigenvalue weighted by Gasteiger charge is 2.21. The lowest BCUT2D eigenvalue weighted by atomic mass is 9.96. The van der Waals surface area contributed by atoms with E-state index in [1.807, 2.05) is 0 Å². The van der Waals surface area contributed by atoms with Crippen molar-refractivity contribution in [1.82, 2.24) is 0 Å². The first-order chi connectivity index (χ1) is 13.5. The van der Waals surface area contributed by atoms with Crippen molar-refractivity contribution < 1.29 is 27.0 Å². The van der Waals surface area contributed by atoms with E-state index in [1.165, 1.54) is 30.7 Å². The molecule has 0 aromatic heterocycles. The number of hydrogen-bond acceptors (Lipinski definition) is 2. The van der Waals surface area contributed by atoms with E-state index >= 15 is 0 Å². The van der Waals surface area contributed by atoms with Gasteiger partial charge < -0.3 is 9.47 Å². The molecule has 0 spiro atoms. The second kappa shape index (κ2) is 9.13. The van der Waals surface area contributed by atoms with Crippen LogP contribution in [0, 0.1) is 23.3 Å². The Hall–Kier alpha value is -2.50.